The van der Waals surface area contributed by atoms with Crippen LogP contribution in [0.25, 0.3) is 0 Å². The molecule has 0 saturated carbocycles. The van der Waals surface area contributed by atoms with Gasteiger partial charge in [0.2, 0.25) is 0 Å². The second-order valence-corrected chi connectivity index (χ2v) is 2.60. The molecule has 0 aromatic carbocycles. The van der Waals surface area contributed by atoms with Crippen LogP contribution >= 0.6 is 0 Å². The summed E-state index contributed by atoms with van der Waals surface area (Å²) >= 11 is 0. The van der Waals surface area contributed by atoms with E-state index in [-0.39, 0.29) is 0 Å². The van der Waals surface area contributed by atoms with Crippen molar-refractivity contribution in [3.8, 4) is 0 Å². The van der Waals surface area contributed by atoms with Gasteiger partial charge in [0.15, 0.2) is 0 Å². The molecular weight excluding hydrogens is 138 g/mol. The summed E-state index contributed by atoms with van der Waals surface area (Å²) in [4.78, 5) is 4.26. The molecule has 0 saturated heterocycles. The normalized spacial score (nSPS) is 10.5. The van der Waals surface area contributed by atoms with Crippen LogP contribution in [0.3, 0.4) is 0 Å². The van der Waals surface area contributed by atoms with Crippen LogP contribution in [0.5, 0.6) is 0 Å². The Kier molecular flexibility index (Phi) is 2.65. The third-order valence-corrected chi connectivity index (χ3v) is 1.82. The summed E-state index contributed by atoms with van der Waals surface area (Å²) in [7, 11) is 0. The van der Waals surface area contributed by atoms with Crippen molar-refractivity contribution in [1.82, 2.24) is 9.55 Å². The van der Waals surface area contributed by atoms with E-state index in [1.54, 1.807) is 0 Å². The van der Waals surface area contributed by atoms with Crippen LogP contribution in [0.1, 0.15) is 18.4 Å². The van der Waals surface area contributed by atoms with Crippen LogP contribution in [-0.2, 0) is 13.0 Å². The number of aryl methyl sites for hydroxylation is 1. The summed E-state index contributed by atoms with van der Waals surface area (Å²) in [6.45, 7) is 5.85. The Labute approximate surface area is 67.2 Å². The second kappa shape index (κ2) is 3.53. The number of nitrogens with two attached hydrogens (primary N) is 1. The van der Waals surface area contributed by atoms with Gasteiger partial charge in [0.25, 0.3) is 0 Å². The Morgan fingerprint density at radius 1 is 1.64 bits per heavy atom. The fourth-order valence-corrected chi connectivity index (χ4v) is 1.27. The van der Waals surface area contributed by atoms with Gasteiger partial charge < -0.3 is 10.3 Å². The first-order valence-electron chi connectivity index (χ1n) is 4.00. The van der Waals surface area contributed by atoms with Gasteiger partial charge in [-0.15, -0.1) is 0 Å². The lowest BCUT2D eigenvalue weighted by molar-refractivity contribution is 0.676. The van der Waals surface area contributed by atoms with E-state index in [4.69, 9.17) is 5.73 Å². The summed E-state index contributed by atoms with van der Waals surface area (Å²) in [5.74, 6) is 1.10. The molecule has 0 amide bonds. The minimum Gasteiger partial charge on any atom is -0.333 e. The van der Waals surface area contributed by atoms with Crippen molar-refractivity contribution >= 4 is 0 Å². The van der Waals surface area contributed by atoms with Crippen molar-refractivity contribution in [1.29, 1.82) is 0 Å². The molecule has 0 unspecified atom stereocenters. The third kappa shape index (κ3) is 1.60. The van der Waals surface area contributed by atoms with E-state index in [9.17, 15) is 0 Å². The highest BCUT2D eigenvalue weighted by molar-refractivity contribution is 5.03. The predicted molar refractivity (Wildman–Crippen MR) is 45.4 cm³/mol. The molecule has 0 aliphatic rings. The predicted octanol–water partition coefficient (Wildman–Crippen LogP) is 0.713. The Morgan fingerprint density at radius 3 is 2.91 bits per heavy atom. The highest BCUT2D eigenvalue weighted by Gasteiger charge is 2.02. The molecule has 0 atom stereocenters. The zero-order chi connectivity index (χ0) is 8.27. The number of rotatable bonds is 3. The van der Waals surface area contributed by atoms with Crippen LogP contribution in [-0.4, -0.2) is 16.1 Å². The van der Waals surface area contributed by atoms with Gasteiger partial charge in [-0.05, 0) is 20.4 Å². The molecule has 0 spiro atoms. The number of imidazole rings is 1. The first-order valence-corrected chi connectivity index (χ1v) is 4.00. The molecule has 0 aliphatic carbocycles. The van der Waals surface area contributed by atoms with E-state index in [1.165, 1.54) is 5.69 Å². The summed E-state index contributed by atoms with van der Waals surface area (Å²) in [6, 6.07) is 0. The Bertz CT molecular complexity index is 227. The molecule has 1 aromatic rings. The lowest BCUT2D eigenvalue weighted by Gasteiger charge is -2.04. The molecule has 2 N–H and O–H groups in total. The lowest BCUT2D eigenvalue weighted by Crippen LogP contribution is -2.10. The maximum Gasteiger partial charge on any atom is 0.110 e. The van der Waals surface area contributed by atoms with E-state index in [0.717, 1.165) is 18.8 Å². The Balaban J connectivity index is 2.86. The zero-order valence-electron chi connectivity index (χ0n) is 7.17. The van der Waals surface area contributed by atoms with E-state index >= 15 is 0 Å². The van der Waals surface area contributed by atoms with E-state index < -0.39 is 0 Å². The number of hydrogen-bond donors (Lipinski definition) is 1. The quantitative estimate of drug-likeness (QED) is 0.695. The van der Waals surface area contributed by atoms with Gasteiger partial charge in [-0.2, -0.15) is 0 Å². The van der Waals surface area contributed by atoms with E-state index in [1.807, 2.05) is 6.20 Å². The maximum atomic E-state index is 5.44. The molecule has 1 rings (SSSR count). The van der Waals surface area contributed by atoms with Gasteiger partial charge in [-0.25, -0.2) is 4.98 Å². The molecule has 1 heterocycles. The van der Waals surface area contributed by atoms with Crippen LogP contribution in [0.15, 0.2) is 6.20 Å². The van der Waals surface area contributed by atoms with Crippen molar-refractivity contribution in [3.63, 3.8) is 0 Å². The van der Waals surface area contributed by atoms with Gasteiger partial charge in [0.1, 0.15) is 5.82 Å². The molecule has 1 aromatic heterocycles. The van der Waals surface area contributed by atoms with Crippen LogP contribution in [0.2, 0.25) is 0 Å². The number of hydrogen-bond acceptors (Lipinski definition) is 2. The van der Waals surface area contributed by atoms with Gasteiger partial charge in [-0.1, -0.05) is 0 Å². The van der Waals surface area contributed by atoms with Crippen LogP contribution in [0.4, 0.5) is 0 Å². The average molecular weight is 153 g/mol. The molecule has 11 heavy (non-hydrogen) atoms. The molecule has 0 fully saturated rings. The van der Waals surface area contributed by atoms with Crippen molar-refractivity contribution in [3.05, 3.63) is 17.7 Å². The summed E-state index contributed by atoms with van der Waals surface area (Å²) in [5.41, 5.74) is 6.66. The average Bonchev–Trinajstić information content (AvgIpc) is 2.33. The SMILES string of the molecule is CCn1c(C)cnc1CCN. The maximum absolute atomic E-state index is 5.44. The molecular formula is C8H15N3. The topological polar surface area (TPSA) is 43.8 Å². The second-order valence-electron chi connectivity index (χ2n) is 2.60. The Hall–Kier alpha value is -0.830. The minimum atomic E-state index is 0.677. The van der Waals surface area contributed by atoms with Crippen LogP contribution < -0.4 is 5.73 Å². The molecule has 0 bridgehead atoms. The van der Waals surface area contributed by atoms with Gasteiger partial charge in [-0.3, -0.25) is 0 Å². The first kappa shape index (κ1) is 8.27. The van der Waals surface area contributed by atoms with Crippen molar-refractivity contribution in [2.24, 2.45) is 5.73 Å². The van der Waals surface area contributed by atoms with Gasteiger partial charge in [0, 0.05) is 24.9 Å². The highest BCUT2D eigenvalue weighted by Crippen LogP contribution is 2.03. The van der Waals surface area contributed by atoms with Gasteiger partial charge >= 0.3 is 0 Å². The van der Waals surface area contributed by atoms with Crippen molar-refractivity contribution < 1.29 is 0 Å². The summed E-state index contributed by atoms with van der Waals surface area (Å²) in [6.07, 6.45) is 2.77. The number of nitrogens with zero attached hydrogens (tertiary/aromatic N) is 2. The molecule has 0 aliphatic heterocycles. The molecule has 3 nitrogen and oxygen atoms in total. The van der Waals surface area contributed by atoms with Crippen molar-refractivity contribution in [2.45, 2.75) is 26.8 Å². The highest BCUT2D eigenvalue weighted by atomic mass is 15.1. The van der Waals surface area contributed by atoms with Crippen molar-refractivity contribution in [2.75, 3.05) is 6.54 Å². The minimum absolute atomic E-state index is 0.677. The first-order chi connectivity index (χ1) is 5.29. The van der Waals surface area contributed by atoms with E-state index in [0.29, 0.717) is 6.54 Å². The molecule has 62 valence electrons. The number of aromatic nitrogens is 2. The zero-order valence-corrected chi connectivity index (χ0v) is 7.17. The summed E-state index contributed by atoms with van der Waals surface area (Å²) in [5, 5.41) is 0. The largest absolute Gasteiger partial charge is 0.333 e. The third-order valence-electron chi connectivity index (χ3n) is 1.82. The monoisotopic (exact) mass is 153 g/mol. The van der Waals surface area contributed by atoms with E-state index in [2.05, 4.69) is 23.4 Å². The molecule has 3 heteroatoms. The molecule has 0 radical (unpaired) electrons. The fourth-order valence-electron chi connectivity index (χ4n) is 1.27. The lowest BCUT2D eigenvalue weighted by atomic mass is 10.4. The standard InChI is InChI=1S/C8H15N3/c1-3-11-7(2)6-10-8(11)4-5-9/h6H,3-5,9H2,1-2H3. The Morgan fingerprint density at radius 2 is 2.36 bits per heavy atom. The fraction of sp³-hybridized carbons (Fsp3) is 0.625. The van der Waals surface area contributed by atoms with Crippen LogP contribution in [0, 0.1) is 6.92 Å². The summed E-state index contributed by atoms with van der Waals surface area (Å²) < 4.78 is 2.19. The smallest absolute Gasteiger partial charge is 0.110 e. The van der Waals surface area contributed by atoms with Gasteiger partial charge in [0.05, 0.1) is 0 Å².